The molecule has 0 bridgehead atoms. The van der Waals surface area contributed by atoms with Gasteiger partial charge < -0.3 is 9.47 Å². The van der Waals surface area contributed by atoms with Crippen LogP contribution in [-0.4, -0.2) is 30.4 Å². The molecule has 47 heavy (non-hydrogen) atoms. The van der Waals surface area contributed by atoms with E-state index in [1.165, 1.54) is 180 Å². The highest BCUT2D eigenvalue weighted by Crippen LogP contribution is 2.16. The molecule has 0 spiro atoms. The van der Waals surface area contributed by atoms with Gasteiger partial charge in [-0.2, -0.15) is 12.6 Å². The van der Waals surface area contributed by atoms with Crippen LogP contribution in [0.1, 0.15) is 239 Å². The second kappa shape index (κ2) is 39.7. The largest absolute Gasteiger partial charge is 0.466 e. The van der Waals surface area contributed by atoms with E-state index in [-0.39, 0.29) is 23.6 Å². The van der Waals surface area contributed by atoms with E-state index in [1.807, 2.05) is 0 Å². The van der Waals surface area contributed by atoms with Crippen molar-refractivity contribution >= 4 is 24.6 Å². The van der Waals surface area contributed by atoms with Crippen molar-refractivity contribution in [2.24, 2.45) is 0 Å². The van der Waals surface area contributed by atoms with Gasteiger partial charge >= 0.3 is 11.9 Å². The summed E-state index contributed by atoms with van der Waals surface area (Å²) in [5.74, 6) is -0.376. The molecule has 0 rings (SSSR count). The summed E-state index contributed by atoms with van der Waals surface area (Å²) < 4.78 is 10.8. The van der Waals surface area contributed by atoms with Crippen molar-refractivity contribution in [3.05, 3.63) is 0 Å². The summed E-state index contributed by atoms with van der Waals surface area (Å²) in [5.41, 5.74) is 0. The molecule has 0 N–H and O–H groups in total. The molecule has 0 amide bonds. The van der Waals surface area contributed by atoms with Gasteiger partial charge in [-0.1, -0.05) is 206 Å². The van der Waals surface area contributed by atoms with Crippen molar-refractivity contribution in [2.45, 2.75) is 244 Å². The lowest BCUT2D eigenvalue weighted by Gasteiger charge is -2.11. The summed E-state index contributed by atoms with van der Waals surface area (Å²) >= 11 is 4.50. The predicted molar refractivity (Wildman–Crippen MR) is 208 cm³/mol. The van der Waals surface area contributed by atoms with Gasteiger partial charge in [0.1, 0.15) is 0 Å². The van der Waals surface area contributed by atoms with Crippen LogP contribution in [-0.2, 0) is 19.1 Å². The molecule has 0 aromatic rings. The minimum Gasteiger partial charge on any atom is -0.466 e. The molecule has 0 fully saturated rings. The van der Waals surface area contributed by atoms with Crippen LogP contribution < -0.4 is 0 Å². The molecule has 280 valence electrons. The zero-order valence-corrected chi connectivity index (χ0v) is 32.7. The van der Waals surface area contributed by atoms with Crippen LogP contribution >= 0.6 is 12.6 Å². The summed E-state index contributed by atoms with van der Waals surface area (Å²) in [7, 11) is 0. The molecule has 0 aliphatic heterocycles. The zero-order chi connectivity index (χ0) is 34.3. The molecule has 0 heterocycles. The average molecular weight is 683 g/mol. The van der Waals surface area contributed by atoms with Crippen LogP contribution in [0.15, 0.2) is 0 Å². The van der Waals surface area contributed by atoms with Gasteiger partial charge in [0, 0.05) is 11.7 Å². The van der Waals surface area contributed by atoms with Crippen molar-refractivity contribution < 1.29 is 19.1 Å². The first-order chi connectivity index (χ1) is 23.1. The minimum atomic E-state index is -0.201. The quantitative estimate of drug-likeness (QED) is 0.0398. The van der Waals surface area contributed by atoms with Gasteiger partial charge in [0.05, 0.1) is 19.6 Å². The summed E-state index contributed by atoms with van der Waals surface area (Å²) in [5, 5.41) is -0.156. The van der Waals surface area contributed by atoms with E-state index in [1.54, 1.807) is 0 Å². The lowest BCUT2D eigenvalue weighted by atomic mass is 10.0. The first-order valence-electron chi connectivity index (χ1n) is 21.1. The highest BCUT2D eigenvalue weighted by atomic mass is 32.1. The van der Waals surface area contributed by atoms with Gasteiger partial charge in [-0.3, -0.25) is 9.59 Å². The zero-order valence-electron chi connectivity index (χ0n) is 31.8. The summed E-state index contributed by atoms with van der Waals surface area (Å²) in [6, 6.07) is 0. The molecule has 0 saturated carbocycles. The smallest absolute Gasteiger partial charge is 0.306 e. The first kappa shape index (κ1) is 46.3. The molecule has 0 radical (unpaired) electrons. The lowest BCUT2D eigenvalue weighted by Crippen LogP contribution is -2.14. The summed E-state index contributed by atoms with van der Waals surface area (Å²) in [4.78, 5) is 24.2. The van der Waals surface area contributed by atoms with Crippen molar-refractivity contribution in [1.29, 1.82) is 0 Å². The summed E-state index contributed by atoms with van der Waals surface area (Å²) in [6.07, 6.45) is 43.9. The number of esters is 2. The van der Waals surface area contributed by atoms with Crippen LogP contribution in [0.2, 0.25) is 0 Å². The van der Waals surface area contributed by atoms with Crippen LogP contribution in [0, 0.1) is 0 Å². The van der Waals surface area contributed by atoms with Gasteiger partial charge in [0.25, 0.3) is 0 Å². The third kappa shape index (κ3) is 39.6. The Morgan fingerprint density at radius 3 is 0.957 bits per heavy atom. The number of ether oxygens (including phenoxy) is 2. The number of rotatable bonds is 39. The summed E-state index contributed by atoms with van der Waals surface area (Å²) in [6.45, 7) is 5.57. The van der Waals surface area contributed by atoms with Crippen LogP contribution in [0.5, 0.6) is 0 Å². The Morgan fingerprint density at radius 2 is 0.660 bits per heavy atom. The molecule has 0 aromatic carbocycles. The van der Waals surface area contributed by atoms with Gasteiger partial charge in [-0.15, -0.1) is 0 Å². The number of thiol groups is 1. The van der Waals surface area contributed by atoms with E-state index in [2.05, 4.69) is 26.5 Å². The Hall–Kier alpha value is -0.710. The first-order valence-corrected chi connectivity index (χ1v) is 21.6. The monoisotopic (exact) mass is 683 g/mol. The van der Waals surface area contributed by atoms with E-state index in [0.717, 1.165) is 25.7 Å². The fraction of sp³-hybridized carbons (Fsp3) is 0.952. The molecular weight excluding hydrogens is 601 g/mol. The topological polar surface area (TPSA) is 52.6 Å². The molecule has 1 unspecified atom stereocenters. The van der Waals surface area contributed by atoms with E-state index in [0.29, 0.717) is 26.1 Å². The van der Waals surface area contributed by atoms with Gasteiger partial charge in [-0.05, 0) is 19.3 Å². The molecule has 1 atom stereocenters. The van der Waals surface area contributed by atoms with Crippen molar-refractivity contribution in [1.82, 2.24) is 0 Å². The second-order valence-corrected chi connectivity index (χ2v) is 15.2. The number of carbonyl (C=O) groups is 2. The Kier molecular flexibility index (Phi) is 39.1. The molecule has 0 aromatic heterocycles. The Labute approximate surface area is 299 Å². The van der Waals surface area contributed by atoms with E-state index < -0.39 is 0 Å². The molecule has 5 heteroatoms. The molecule has 0 saturated heterocycles. The van der Waals surface area contributed by atoms with Crippen molar-refractivity contribution in [2.75, 3.05) is 13.2 Å². The number of carbonyl (C=O) groups excluding carboxylic acids is 2. The molecule has 4 nitrogen and oxygen atoms in total. The highest BCUT2D eigenvalue weighted by Gasteiger charge is 2.14. The van der Waals surface area contributed by atoms with E-state index in [4.69, 9.17) is 9.47 Å². The standard InChI is InChI=1S/C42H82O4S/c1-3-5-7-9-11-13-15-17-19-21-23-25-27-29-31-33-37-45-41(43)36-35-40(47)39-42(44)46-38-34-32-30-28-26-24-22-20-18-16-14-12-10-8-6-4-2/h40,47H,3-39H2,1-2H3. The average Bonchev–Trinajstić information content (AvgIpc) is 3.06. The van der Waals surface area contributed by atoms with Crippen LogP contribution in [0.3, 0.4) is 0 Å². The fourth-order valence-electron chi connectivity index (χ4n) is 6.38. The van der Waals surface area contributed by atoms with Crippen LogP contribution in [0.4, 0.5) is 0 Å². The van der Waals surface area contributed by atoms with Gasteiger partial charge in [-0.25, -0.2) is 0 Å². The number of unbranched alkanes of at least 4 members (excludes halogenated alkanes) is 30. The normalized spacial score (nSPS) is 12.0. The fourth-order valence-corrected chi connectivity index (χ4v) is 6.66. The number of hydrogen-bond acceptors (Lipinski definition) is 5. The molecular formula is C42H82O4S. The maximum atomic E-state index is 12.1. The highest BCUT2D eigenvalue weighted by molar-refractivity contribution is 7.81. The predicted octanol–water partition coefficient (Wildman–Crippen LogP) is 14.1. The van der Waals surface area contributed by atoms with Crippen molar-refractivity contribution in [3.8, 4) is 0 Å². The Morgan fingerprint density at radius 1 is 0.404 bits per heavy atom. The van der Waals surface area contributed by atoms with Gasteiger partial charge in [0.15, 0.2) is 0 Å². The maximum absolute atomic E-state index is 12.1. The lowest BCUT2D eigenvalue weighted by molar-refractivity contribution is -0.145. The van der Waals surface area contributed by atoms with E-state index >= 15 is 0 Å². The molecule has 0 aliphatic carbocycles. The Balaban J connectivity index is 3.36. The number of hydrogen-bond donors (Lipinski definition) is 1. The third-order valence-corrected chi connectivity index (χ3v) is 10.0. The Bertz CT molecular complexity index is 640. The van der Waals surface area contributed by atoms with Gasteiger partial charge in [0.2, 0.25) is 0 Å². The van der Waals surface area contributed by atoms with E-state index in [9.17, 15) is 9.59 Å². The van der Waals surface area contributed by atoms with Crippen LogP contribution in [0.25, 0.3) is 0 Å². The maximum Gasteiger partial charge on any atom is 0.306 e. The van der Waals surface area contributed by atoms with Crippen molar-refractivity contribution in [3.63, 3.8) is 0 Å². The minimum absolute atomic E-state index is 0.156. The molecule has 0 aliphatic rings. The third-order valence-electron chi connectivity index (χ3n) is 9.61. The SMILES string of the molecule is CCCCCCCCCCCCCCCCCCOC(=O)CCC(S)CC(=O)OCCCCCCCCCCCCCCCCCC. The second-order valence-electron chi connectivity index (χ2n) is 14.4.